The second-order valence-corrected chi connectivity index (χ2v) is 5.65. The van der Waals surface area contributed by atoms with Crippen LogP contribution in [-0.2, 0) is 0 Å². The average Bonchev–Trinajstić information content (AvgIpc) is 2.59. The molecule has 23 heavy (non-hydrogen) atoms. The molecule has 0 aliphatic heterocycles. The van der Waals surface area contributed by atoms with Gasteiger partial charge in [-0.05, 0) is 12.5 Å². The van der Waals surface area contributed by atoms with Crippen molar-refractivity contribution in [3.05, 3.63) is 42.1 Å². The number of anilines is 1. The van der Waals surface area contributed by atoms with Gasteiger partial charge in [0.15, 0.2) is 0 Å². The zero-order valence-electron chi connectivity index (χ0n) is 13.8. The van der Waals surface area contributed by atoms with Gasteiger partial charge in [-0.2, -0.15) is 0 Å². The van der Waals surface area contributed by atoms with Crippen LogP contribution in [0.25, 0.3) is 11.3 Å². The highest BCUT2D eigenvalue weighted by atomic mass is 16.1. The zero-order valence-corrected chi connectivity index (χ0v) is 13.8. The molecule has 1 heterocycles. The molecule has 0 atom stereocenters. The van der Waals surface area contributed by atoms with Crippen LogP contribution >= 0.6 is 0 Å². The van der Waals surface area contributed by atoms with Crippen molar-refractivity contribution in [1.82, 2.24) is 9.97 Å². The third-order valence-corrected chi connectivity index (χ3v) is 3.72. The van der Waals surface area contributed by atoms with E-state index in [1.54, 1.807) is 6.07 Å². The lowest BCUT2D eigenvalue weighted by Crippen LogP contribution is -2.23. The number of carbonyl (C=O) groups is 1. The Kier molecular flexibility index (Phi) is 6.09. The molecule has 0 radical (unpaired) electrons. The molecule has 0 bridgehead atoms. The highest BCUT2D eigenvalue weighted by Gasteiger charge is 2.13. The summed E-state index contributed by atoms with van der Waals surface area (Å²) in [4.78, 5) is 22.4. The van der Waals surface area contributed by atoms with Crippen LogP contribution in [0.5, 0.6) is 0 Å². The minimum Gasteiger partial charge on any atom is -0.364 e. The van der Waals surface area contributed by atoms with Crippen LogP contribution in [0.1, 0.15) is 43.1 Å². The van der Waals surface area contributed by atoms with Crippen LogP contribution in [0, 0.1) is 0 Å². The summed E-state index contributed by atoms with van der Waals surface area (Å²) in [5.74, 6) is 0.00173. The minimum absolute atomic E-state index is 0.245. The second-order valence-electron chi connectivity index (χ2n) is 5.65. The number of primary amides is 1. The molecule has 1 amide bonds. The number of nitrogens with two attached hydrogens (primary N) is 1. The standard InChI is InChI=1S/C18H24N4O/c1-3-4-5-9-12-22(2)18-20-15(13-16(21-18)17(19)23)14-10-7-6-8-11-14/h6-8,10-11,13H,3-5,9,12H2,1-2H3,(H2,19,23). The van der Waals surface area contributed by atoms with Gasteiger partial charge in [-0.1, -0.05) is 56.5 Å². The number of carbonyl (C=O) groups excluding carboxylic acids is 1. The van der Waals surface area contributed by atoms with Gasteiger partial charge in [0.05, 0.1) is 5.69 Å². The maximum Gasteiger partial charge on any atom is 0.267 e. The van der Waals surface area contributed by atoms with Gasteiger partial charge in [0.1, 0.15) is 5.69 Å². The van der Waals surface area contributed by atoms with E-state index in [2.05, 4.69) is 16.9 Å². The number of amides is 1. The molecular weight excluding hydrogens is 288 g/mol. The van der Waals surface area contributed by atoms with E-state index in [0.29, 0.717) is 11.6 Å². The maximum absolute atomic E-state index is 11.6. The smallest absolute Gasteiger partial charge is 0.267 e. The highest BCUT2D eigenvalue weighted by Crippen LogP contribution is 2.20. The molecule has 122 valence electrons. The summed E-state index contributed by atoms with van der Waals surface area (Å²) in [5, 5.41) is 0. The fraction of sp³-hybridized carbons (Fsp3) is 0.389. The molecule has 5 nitrogen and oxygen atoms in total. The number of rotatable bonds is 8. The molecule has 1 aromatic carbocycles. The van der Waals surface area contributed by atoms with E-state index in [4.69, 9.17) is 5.73 Å². The van der Waals surface area contributed by atoms with Gasteiger partial charge in [-0.15, -0.1) is 0 Å². The Morgan fingerprint density at radius 1 is 1.13 bits per heavy atom. The van der Waals surface area contributed by atoms with E-state index in [9.17, 15) is 4.79 Å². The van der Waals surface area contributed by atoms with Crippen LogP contribution < -0.4 is 10.6 Å². The second kappa shape index (κ2) is 8.27. The summed E-state index contributed by atoms with van der Waals surface area (Å²) in [5.41, 5.74) is 7.32. The molecule has 0 saturated carbocycles. The SMILES string of the molecule is CCCCCCN(C)c1nc(C(N)=O)cc(-c2ccccc2)n1. The Morgan fingerprint density at radius 2 is 1.87 bits per heavy atom. The molecular formula is C18H24N4O. The van der Waals surface area contributed by atoms with Crippen molar-refractivity contribution in [2.75, 3.05) is 18.5 Å². The molecule has 0 saturated heterocycles. The van der Waals surface area contributed by atoms with Gasteiger partial charge >= 0.3 is 0 Å². The van der Waals surface area contributed by atoms with E-state index in [-0.39, 0.29) is 5.69 Å². The molecule has 0 aliphatic carbocycles. The van der Waals surface area contributed by atoms with Crippen LogP contribution in [0.3, 0.4) is 0 Å². The van der Waals surface area contributed by atoms with Gasteiger partial charge in [-0.25, -0.2) is 9.97 Å². The summed E-state index contributed by atoms with van der Waals surface area (Å²) in [7, 11) is 1.95. The van der Waals surface area contributed by atoms with Crippen LogP contribution in [0.15, 0.2) is 36.4 Å². The Hall–Kier alpha value is -2.43. The van der Waals surface area contributed by atoms with E-state index in [1.807, 2.05) is 42.3 Å². The summed E-state index contributed by atoms with van der Waals surface area (Å²) >= 11 is 0. The van der Waals surface area contributed by atoms with Crippen molar-refractivity contribution >= 4 is 11.9 Å². The third-order valence-electron chi connectivity index (χ3n) is 3.72. The summed E-state index contributed by atoms with van der Waals surface area (Å²) in [6.07, 6.45) is 4.69. The molecule has 2 N–H and O–H groups in total. The third kappa shape index (κ3) is 4.77. The Labute approximate surface area is 137 Å². The largest absolute Gasteiger partial charge is 0.364 e. The van der Waals surface area contributed by atoms with Crippen LogP contribution in [0.4, 0.5) is 5.95 Å². The van der Waals surface area contributed by atoms with Crippen molar-refractivity contribution in [2.45, 2.75) is 32.6 Å². The van der Waals surface area contributed by atoms with Gasteiger partial charge in [0.25, 0.3) is 5.91 Å². The fourth-order valence-corrected chi connectivity index (χ4v) is 2.36. The van der Waals surface area contributed by atoms with E-state index in [1.165, 1.54) is 19.3 Å². The molecule has 1 aromatic heterocycles. The van der Waals surface area contributed by atoms with Crippen molar-refractivity contribution in [2.24, 2.45) is 5.73 Å². The summed E-state index contributed by atoms with van der Waals surface area (Å²) in [6, 6.07) is 11.4. The monoisotopic (exact) mass is 312 g/mol. The van der Waals surface area contributed by atoms with Gasteiger partial charge < -0.3 is 10.6 Å². The van der Waals surface area contributed by atoms with Crippen molar-refractivity contribution in [3.63, 3.8) is 0 Å². The molecule has 0 fully saturated rings. The Morgan fingerprint density at radius 3 is 2.52 bits per heavy atom. The molecule has 2 aromatic rings. The molecule has 5 heteroatoms. The normalized spacial score (nSPS) is 10.5. The first-order valence-corrected chi connectivity index (χ1v) is 8.07. The number of unbranched alkanes of at least 4 members (excludes halogenated alkanes) is 3. The average molecular weight is 312 g/mol. The molecule has 0 spiro atoms. The number of benzene rings is 1. The summed E-state index contributed by atoms with van der Waals surface area (Å²) in [6.45, 7) is 3.05. The Bertz CT molecular complexity index is 643. The van der Waals surface area contributed by atoms with E-state index < -0.39 is 5.91 Å². The molecule has 2 rings (SSSR count). The fourth-order valence-electron chi connectivity index (χ4n) is 2.36. The van der Waals surface area contributed by atoms with Crippen molar-refractivity contribution in [1.29, 1.82) is 0 Å². The number of hydrogen-bond acceptors (Lipinski definition) is 4. The topological polar surface area (TPSA) is 72.1 Å². The lowest BCUT2D eigenvalue weighted by molar-refractivity contribution is 0.0995. The molecule has 0 unspecified atom stereocenters. The van der Waals surface area contributed by atoms with Gasteiger partial charge in [0.2, 0.25) is 5.95 Å². The lowest BCUT2D eigenvalue weighted by atomic mass is 10.1. The Balaban J connectivity index is 2.25. The zero-order chi connectivity index (χ0) is 16.7. The first kappa shape index (κ1) is 16.9. The predicted octanol–water partition coefficient (Wildman–Crippen LogP) is 3.26. The first-order valence-electron chi connectivity index (χ1n) is 8.07. The van der Waals surface area contributed by atoms with Gasteiger partial charge in [0, 0.05) is 19.2 Å². The predicted molar refractivity (Wildman–Crippen MR) is 93.4 cm³/mol. The van der Waals surface area contributed by atoms with E-state index in [0.717, 1.165) is 18.5 Å². The quantitative estimate of drug-likeness (QED) is 0.759. The minimum atomic E-state index is -0.537. The van der Waals surface area contributed by atoms with Gasteiger partial charge in [-0.3, -0.25) is 4.79 Å². The number of nitrogens with zero attached hydrogens (tertiary/aromatic N) is 3. The molecule has 0 aliphatic rings. The summed E-state index contributed by atoms with van der Waals surface area (Å²) < 4.78 is 0. The van der Waals surface area contributed by atoms with Crippen molar-refractivity contribution < 1.29 is 4.79 Å². The number of aromatic nitrogens is 2. The highest BCUT2D eigenvalue weighted by molar-refractivity contribution is 5.92. The van der Waals surface area contributed by atoms with Crippen LogP contribution in [-0.4, -0.2) is 29.5 Å². The maximum atomic E-state index is 11.6. The first-order chi connectivity index (χ1) is 11.1. The van der Waals surface area contributed by atoms with E-state index >= 15 is 0 Å². The van der Waals surface area contributed by atoms with Crippen molar-refractivity contribution in [3.8, 4) is 11.3 Å². The van der Waals surface area contributed by atoms with Crippen LogP contribution in [0.2, 0.25) is 0 Å². The number of hydrogen-bond donors (Lipinski definition) is 1. The lowest BCUT2D eigenvalue weighted by Gasteiger charge is -2.18.